The van der Waals surface area contributed by atoms with Gasteiger partial charge < -0.3 is 0 Å². The zero-order valence-electron chi connectivity index (χ0n) is 11.3. The van der Waals surface area contributed by atoms with E-state index in [4.69, 9.17) is 11.6 Å². The Balaban J connectivity index is 1.87. The van der Waals surface area contributed by atoms with E-state index in [1.54, 1.807) is 0 Å². The Kier molecular flexibility index (Phi) is 3.62. The average Bonchev–Trinajstić information content (AvgIpc) is 2.41. The van der Waals surface area contributed by atoms with Crippen LogP contribution < -0.4 is 0 Å². The molecule has 1 saturated carbocycles. The van der Waals surface area contributed by atoms with Crippen LogP contribution in [0.1, 0.15) is 30.4 Å². The number of ketones is 1. The van der Waals surface area contributed by atoms with E-state index in [2.05, 4.69) is 12.1 Å². The molecule has 102 valence electrons. The molecule has 0 amide bonds. The second-order valence-electron chi connectivity index (χ2n) is 5.49. The second-order valence-corrected chi connectivity index (χ2v) is 5.90. The lowest BCUT2D eigenvalue weighted by Gasteiger charge is -2.41. The van der Waals surface area contributed by atoms with Crippen molar-refractivity contribution in [2.45, 2.75) is 31.1 Å². The molecule has 2 heteroatoms. The Hall–Kier alpha value is -1.60. The van der Waals surface area contributed by atoms with Gasteiger partial charge in [0.2, 0.25) is 0 Å². The highest BCUT2D eigenvalue weighted by molar-refractivity contribution is 6.31. The van der Waals surface area contributed by atoms with Crippen molar-refractivity contribution in [3.63, 3.8) is 0 Å². The van der Waals surface area contributed by atoms with Crippen molar-refractivity contribution in [1.29, 1.82) is 0 Å². The van der Waals surface area contributed by atoms with Crippen molar-refractivity contribution in [3.8, 4) is 0 Å². The fourth-order valence-electron chi connectivity index (χ4n) is 3.00. The molecule has 0 unspecified atom stereocenters. The van der Waals surface area contributed by atoms with Crippen molar-refractivity contribution in [3.05, 3.63) is 70.7 Å². The van der Waals surface area contributed by atoms with Gasteiger partial charge in [0.05, 0.1) is 5.41 Å². The molecular formula is C18H17ClO. The molecule has 1 nitrogen and oxygen atoms in total. The van der Waals surface area contributed by atoms with Gasteiger partial charge >= 0.3 is 0 Å². The van der Waals surface area contributed by atoms with E-state index < -0.39 is 0 Å². The first-order valence-electron chi connectivity index (χ1n) is 7.05. The maximum absolute atomic E-state index is 12.8. The topological polar surface area (TPSA) is 17.1 Å². The van der Waals surface area contributed by atoms with Crippen LogP contribution >= 0.6 is 11.6 Å². The maximum atomic E-state index is 12.8. The van der Waals surface area contributed by atoms with Crippen LogP contribution in [0, 0.1) is 0 Å². The summed E-state index contributed by atoms with van der Waals surface area (Å²) in [4.78, 5) is 12.8. The zero-order chi connectivity index (χ0) is 14.0. The third-order valence-corrected chi connectivity index (χ3v) is 4.74. The summed E-state index contributed by atoms with van der Waals surface area (Å²) < 4.78 is 0. The molecule has 0 saturated heterocycles. The van der Waals surface area contributed by atoms with Crippen LogP contribution in [0.15, 0.2) is 54.6 Å². The standard InChI is InChI=1S/C18H17ClO/c19-16-10-5-4-7-14(16)13-17(20)18(11-6-12-18)15-8-2-1-3-9-15/h1-5,7-10H,6,11-13H2. The molecule has 2 aromatic rings. The van der Waals surface area contributed by atoms with E-state index >= 15 is 0 Å². The summed E-state index contributed by atoms with van der Waals surface area (Å²) in [5.41, 5.74) is 1.81. The number of benzene rings is 2. The van der Waals surface area contributed by atoms with E-state index in [0.29, 0.717) is 17.2 Å². The van der Waals surface area contributed by atoms with Crippen LogP contribution in [-0.2, 0) is 16.6 Å². The minimum absolute atomic E-state index is 0.277. The van der Waals surface area contributed by atoms with Crippen LogP contribution in [0.3, 0.4) is 0 Å². The van der Waals surface area contributed by atoms with Gasteiger partial charge in [-0.1, -0.05) is 66.6 Å². The minimum Gasteiger partial charge on any atom is -0.298 e. The Bertz CT molecular complexity index is 614. The summed E-state index contributed by atoms with van der Waals surface area (Å²) in [5, 5.41) is 0.684. The van der Waals surface area contributed by atoms with Crippen LogP contribution in [0.2, 0.25) is 5.02 Å². The Morgan fingerprint density at radius 1 is 1.00 bits per heavy atom. The van der Waals surface area contributed by atoms with E-state index in [1.807, 2.05) is 42.5 Å². The molecule has 1 fully saturated rings. The summed E-state index contributed by atoms with van der Waals surface area (Å²) in [6.45, 7) is 0. The first-order valence-corrected chi connectivity index (χ1v) is 7.42. The fourth-order valence-corrected chi connectivity index (χ4v) is 3.20. The van der Waals surface area contributed by atoms with Gasteiger partial charge in [0.15, 0.2) is 0 Å². The number of rotatable bonds is 4. The van der Waals surface area contributed by atoms with Gasteiger partial charge in [0, 0.05) is 11.4 Å². The van der Waals surface area contributed by atoms with Gasteiger partial charge in [0.1, 0.15) is 5.78 Å². The Labute approximate surface area is 124 Å². The number of halogens is 1. The van der Waals surface area contributed by atoms with E-state index in [9.17, 15) is 4.79 Å². The minimum atomic E-state index is -0.277. The van der Waals surface area contributed by atoms with E-state index in [0.717, 1.165) is 30.4 Å². The van der Waals surface area contributed by atoms with Gasteiger partial charge in [0.25, 0.3) is 0 Å². The zero-order valence-corrected chi connectivity index (χ0v) is 12.1. The lowest BCUT2D eigenvalue weighted by molar-refractivity contribution is -0.127. The third-order valence-electron chi connectivity index (χ3n) is 4.38. The van der Waals surface area contributed by atoms with Crippen LogP contribution in [0.25, 0.3) is 0 Å². The molecule has 0 bridgehead atoms. The van der Waals surface area contributed by atoms with Crippen molar-refractivity contribution < 1.29 is 4.79 Å². The quantitative estimate of drug-likeness (QED) is 0.803. The molecule has 20 heavy (non-hydrogen) atoms. The summed E-state index contributed by atoms with van der Waals surface area (Å²) in [6, 6.07) is 17.8. The van der Waals surface area contributed by atoms with Gasteiger partial charge in [-0.25, -0.2) is 0 Å². The molecule has 1 aliphatic rings. The molecule has 0 atom stereocenters. The normalized spacial score (nSPS) is 16.4. The Morgan fingerprint density at radius 2 is 1.65 bits per heavy atom. The summed E-state index contributed by atoms with van der Waals surface area (Å²) in [6.07, 6.45) is 3.47. The highest BCUT2D eigenvalue weighted by atomic mass is 35.5. The number of carbonyl (C=O) groups is 1. The predicted octanol–water partition coefficient (Wildman–Crippen LogP) is 4.57. The molecule has 0 spiro atoms. The smallest absolute Gasteiger partial charge is 0.147 e. The first kappa shape index (κ1) is 13.4. The molecule has 0 heterocycles. The summed E-state index contributed by atoms with van der Waals surface area (Å²) in [7, 11) is 0. The van der Waals surface area contributed by atoms with Gasteiger partial charge in [-0.2, -0.15) is 0 Å². The van der Waals surface area contributed by atoms with Crippen molar-refractivity contribution in [2.24, 2.45) is 0 Å². The van der Waals surface area contributed by atoms with E-state index in [-0.39, 0.29) is 5.41 Å². The van der Waals surface area contributed by atoms with Gasteiger partial charge in [-0.3, -0.25) is 4.79 Å². The second kappa shape index (κ2) is 5.41. The fraction of sp³-hybridized carbons (Fsp3) is 0.278. The molecule has 2 aromatic carbocycles. The monoisotopic (exact) mass is 284 g/mol. The third kappa shape index (κ3) is 2.27. The van der Waals surface area contributed by atoms with Crippen molar-refractivity contribution >= 4 is 17.4 Å². The highest BCUT2D eigenvalue weighted by Gasteiger charge is 2.44. The van der Waals surface area contributed by atoms with Crippen LogP contribution in [0.5, 0.6) is 0 Å². The molecule has 0 aliphatic heterocycles. The number of Topliss-reactive ketones (excluding diaryl/α,β-unsaturated/α-hetero) is 1. The van der Waals surface area contributed by atoms with Gasteiger partial charge in [-0.05, 0) is 30.0 Å². The molecule has 0 radical (unpaired) electrons. The summed E-state index contributed by atoms with van der Waals surface area (Å²) in [5.74, 6) is 0.294. The number of hydrogen-bond acceptors (Lipinski definition) is 1. The largest absolute Gasteiger partial charge is 0.298 e. The molecule has 0 aromatic heterocycles. The maximum Gasteiger partial charge on any atom is 0.147 e. The SMILES string of the molecule is O=C(Cc1ccccc1Cl)C1(c2ccccc2)CCC1. The molecular weight excluding hydrogens is 268 g/mol. The number of carbonyl (C=O) groups excluding carboxylic acids is 1. The van der Waals surface area contributed by atoms with Gasteiger partial charge in [-0.15, -0.1) is 0 Å². The molecule has 0 N–H and O–H groups in total. The Morgan fingerprint density at radius 3 is 2.25 bits per heavy atom. The van der Waals surface area contributed by atoms with Crippen molar-refractivity contribution in [1.82, 2.24) is 0 Å². The van der Waals surface area contributed by atoms with Crippen molar-refractivity contribution in [2.75, 3.05) is 0 Å². The first-order chi connectivity index (χ1) is 9.72. The number of hydrogen-bond donors (Lipinski definition) is 0. The van der Waals surface area contributed by atoms with E-state index in [1.165, 1.54) is 0 Å². The van der Waals surface area contributed by atoms with Crippen LogP contribution in [-0.4, -0.2) is 5.78 Å². The summed E-state index contributed by atoms with van der Waals surface area (Å²) >= 11 is 6.17. The lowest BCUT2D eigenvalue weighted by Crippen LogP contribution is -2.43. The average molecular weight is 285 g/mol. The van der Waals surface area contributed by atoms with Crippen LogP contribution in [0.4, 0.5) is 0 Å². The predicted molar refractivity (Wildman–Crippen MR) is 82.1 cm³/mol. The highest BCUT2D eigenvalue weighted by Crippen LogP contribution is 2.45. The molecule has 3 rings (SSSR count). The lowest BCUT2D eigenvalue weighted by atomic mass is 9.61. The molecule has 1 aliphatic carbocycles.